The largest absolute Gasteiger partial charge is 0.478 e. The van der Waals surface area contributed by atoms with Crippen LogP contribution < -0.4 is 5.32 Å². The lowest BCUT2D eigenvalue weighted by molar-refractivity contribution is -0.222. The van der Waals surface area contributed by atoms with Gasteiger partial charge in [-0.2, -0.15) is 0 Å². The molecule has 1 aromatic rings. The summed E-state index contributed by atoms with van der Waals surface area (Å²) in [5, 5.41) is 13.8. The Morgan fingerprint density at radius 2 is 1.59 bits per heavy atom. The van der Waals surface area contributed by atoms with Gasteiger partial charge >= 0.3 is 5.97 Å². The van der Waals surface area contributed by atoms with E-state index in [2.05, 4.69) is 62.7 Å². The number of aromatic carboxylic acids is 1. The Hall–Kier alpha value is -1.78. The van der Waals surface area contributed by atoms with Crippen LogP contribution >= 0.6 is 0 Å². The normalized spacial score (nSPS) is 42.5. The van der Waals surface area contributed by atoms with E-state index in [1.165, 1.54) is 62.5 Å². The molecule has 7 aliphatic rings. The number of sulfone groups is 1. The van der Waals surface area contributed by atoms with E-state index in [0.717, 1.165) is 45.8 Å². The van der Waals surface area contributed by atoms with E-state index in [9.17, 15) is 18.3 Å². The second-order valence-electron chi connectivity index (χ2n) is 20.3. The van der Waals surface area contributed by atoms with Crippen molar-refractivity contribution in [2.75, 3.05) is 64.0 Å². The molecule has 2 N–H and O–H groups in total. The number of nitrogens with one attached hydrogen (secondary N) is 1. The number of hydrogen-bond acceptors (Lipinski definition) is 7. The molecule has 0 aromatic heterocycles. The van der Waals surface area contributed by atoms with Gasteiger partial charge in [-0.3, -0.25) is 4.90 Å². The van der Waals surface area contributed by atoms with Crippen molar-refractivity contribution in [3.05, 3.63) is 41.5 Å². The summed E-state index contributed by atoms with van der Waals surface area (Å²) in [5.74, 6) is 2.98. The third kappa shape index (κ3) is 6.19. The highest BCUT2D eigenvalue weighted by Gasteiger charge is 2.70. The SMILES string of the molecule is CC(C1CCC2(NCCN3CCS(=O)(=O)CC3)CCC3(C)C(CCC4C5(C)CC=C(c6ccc(C(=O)O)cc6)C(C)(C)C5CCC43C)C12)N1CCOCC1. The van der Waals surface area contributed by atoms with Crippen molar-refractivity contribution in [2.45, 2.75) is 111 Å². The molecular weight excluding hydrogens is 695 g/mol. The van der Waals surface area contributed by atoms with Gasteiger partial charge < -0.3 is 20.1 Å². The van der Waals surface area contributed by atoms with Crippen LogP contribution in [0.2, 0.25) is 0 Å². The second kappa shape index (κ2) is 14.0. The minimum Gasteiger partial charge on any atom is -0.478 e. The smallest absolute Gasteiger partial charge is 0.335 e. The molecule has 0 radical (unpaired) electrons. The van der Waals surface area contributed by atoms with Crippen LogP contribution in [-0.4, -0.2) is 105 Å². The highest BCUT2D eigenvalue weighted by atomic mass is 32.2. The summed E-state index contributed by atoms with van der Waals surface area (Å²) in [5.41, 5.74) is 3.86. The number of allylic oxidation sites excluding steroid dienone is 2. The third-order valence-electron chi connectivity index (χ3n) is 18.1. The molecular formula is C45H69N3O5S. The lowest BCUT2D eigenvalue weighted by Gasteiger charge is -2.72. The van der Waals surface area contributed by atoms with Crippen LogP contribution in [-0.2, 0) is 14.6 Å². The predicted octanol–water partition coefficient (Wildman–Crippen LogP) is 7.25. The number of hydrogen-bond donors (Lipinski definition) is 2. The fourth-order valence-corrected chi connectivity index (χ4v) is 16.4. The molecule has 0 bridgehead atoms. The topological polar surface area (TPSA) is 99.2 Å². The van der Waals surface area contributed by atoms with Crippen LogP contribution in [0.15, 0.2) is 30.3 Å². The number of carboxylic acid groups (broad SMARTS) is 1. The highest BCUT2D eigenvalue weighted by Crippen LogP contribution is 2.76. The first-order valence-corrected chi connectivity index (χ1v) is 23.4. The van der Waals surface area contributed by atoms with E-state index in [4.69, 9.17) is 4.74 Å². The Morgan fingerprint density at radius 1 is 0.889 bits per heavy atom. The number of nitrogens with zero attached hydrogens (tertiary/aromatic N) is 2. The summed E-state index contributed by atoms with van der Waals surface area (Å²) in [6.07, 6.45) is 13.9. The van der Waals surface area contributed by atoms with Gasteiger partial charge in [0.05, 0.1) is 30.3 Å². The molecule has 8 rings (SSSR count). The maximum atomic E-state index is 12.1. The van der Waals surface area contributed by atoms with E-state index in [1.807, 2.05) is 12.1 Å². The maximum absolute atomic E-state index is 12.1. The van der Waals surface area contributed by atoms with E-state index in [-0.39, 0.29) is 27.2 Å². The standard InChI is InChI=1S/C45H69N3O5S/c1-31(48-23-27-53-28-24-48)34-13-18-45(46-21-22-47-25-29-54(51,52)30-26-47)20-19-43(5)36(39(34)45)11-12-38-42(4)16-14-35(32-7-9-33(10-8-32)40(49)50)41(2,3)37(42)15-17-44(38,43)6/h7-10,14,31,34,36-39,46H,11-13,15-30H2,1-6H3,(H,49,50). The van der Waals surface area contributed by atoms with E-state index in [1.54, 1.807) is 12.1 Å². The van der Waals surface area contributed by atoms with Crippen molar-refractivity contribution in [2.24, 2.45) is 51.2 Å². The number of carbonyl (C=O) groups is 1. The number of benzene rings is 1. The zero-order chi connectivity index (χ0) is 38.3. The molecule has 10 atom stereocenters. The van der Waals surface area contributed by atoms with Gasteiger partial charge in [-0.05, 0) is 139 Å². The van der Waals surface area contributed by atoms with Crippen LogP contribution in [0, 0.1) is 51.2 Å². The molecule has 10 unspecified atom stereocenters. The Morgan fingerprint density at radius 3 is 2.28 bits per heavy atom. The molecule has 1 aromatic carbocycles. The molecule has 300 valence electrons. The number of morpholine rings is 1. The number of carboxylic acids is 1. The monoisotopic (exact) mass is 763 g/mol. The van der Waals surface area contributed by atoms with Crippen molar-refractivity contribution < 1.29 is 23.1 Å². The fourth-order valence-electron chi connectivity index (χ4n) is 15.1. The van der Waals surface area contributed by atoms with Gasteiger partial charge in [0.25, 0.3) is 0 Å². The lowest BCUT2D eigenvalue weighted by Crippen LogP contribution is -2.68. The van der Waals surface area contributed by atoms with Gasteiger partial charge in [0.15, 0.2) is 9.84 Å². The zero-order valence-corrected chi connectivity index (χ0v) is 35.0. The van der Waals surface area contributed by atoms with Gasteiger partial charge in [0.1, 0.15) is 0 Å². The fraction of sp³-hybridized carbons (Fsp3) is 0.800. The van der Waals surface area contributed by atoms with Crippen LogP contribution in [0.25, 0.3) is 5.57 Å². The number of rotatable bonds is 8. The molecule has 0 spiro atoms. The van der Waals surface area contributed by atoms with Gasteiger partial charge in [0, 0.05) is 50.8 Å². The quantitative estimate of drug-likeness (QED) is 0.286. The molecule has 2 saturated heterocycles. The summed E-state index contributed by atoms with van der Waals surface area (Å²) in [6.45, 7) is 22.6. The number of fused-ring (bicyclic) bond motifs is 7. The van der Waals surface area contributed by atoms with Crippen LogP contribution in [0.1, 0.15) is 115 Å². The van der Waals surface area contributed by atoms with E-state index < -0.39 is 15.8 Å². The van der Waals surface area contributed by atoms with Gasteiger partial charge in [0.2, 0.25) is 0 Å². The van der Waals surface area contributed by atoms with E-state index in [0.29, 0.717) is 65.8 Å². The van der Waals surface area contributed by atoms with Gasteiger partial charge in [-0.15, -0.1) is 0 Å². The summed E-state index contributed by atoms with van der Waals surface area (Å²) in [7, 11) is -2.87. The Labute approximate surface area is 326 Å². The number of ether oxygens (including phenoxy) is 1. The molecule has 8 nitrogen and oxygen atoms in total. The van der Waals surface area contributed by atoms with E-state index >= 15 is 0 Å². The first kappa shape index (κ1) is 39.1. The third-order valence-corrected chi connectivity index (χ3v) is 19.7. The van der Waals surface area contributed by atoms with Gasteiger partial charge in [-0.25, -0.2) is 13.2 Å². The minimum atomic E-state index is -2.87. The molecule has 6 fully saturated rings. The molecule has 54 heavy (non-hydrogen) atoms. The molecule has 2 aliphatic heterocycles. The zero-order valence-electron chi connectivity index (χ0n) is 34.2. The average molecular weight is 764 g/mol. The summed E-state index contributed by atoms with van der Waals surface area (Å²) in [6, 6.07) is 8.17. The Bertz CT molecular complexity index is 1710. The molecule has 5 aliphatic carbocycles. The van der Waals surface area contributed by atoms with Crippen LogP contribution in [0.3, 0.4) is 0 Å². The Balaban J connectivity index is 1.08. The van der Waals surface area contributed by atoms with Crippen molar-refractivity contribution in [3.63, 3.8) is 0 Å². The minimum absolute atomic E-state index is 0.00510. The van der Waals surface area contributed by atoms with Gasteiger partial charge in [-0.1, -0.05) is 52.8 Å². The summed E-state index contributed by atoms with van der Waals surface area (Å²) >= 11 is 0. The second-order valence-corrected chi connectivity index (χ2v) is 22.6. The summed E-state index contributed by atoms with van der Waals surface area (Å²) < 4.78 is 30.1. The maximum Gasteiger partial charge on any atom is 0.335 e. The van der Waals surface area contributed by atoms with Crippen molar-refractivity contribution >= 4 is 21.4 Å². The first-order chi connectivity index (χ1) is 25.5. The van der Waals surface area contributed by atoms with Crippen LogP contribution in [0.4, 0.5) is 0 Å². The van der Waals surface area contributed by atoms with Crippen molar-refractivity contribution in [1.29, 1.82) is 0 Å². The first-order valence-electron chi connectivity index (χ1n) is 21.6. The average Bonchev–Trinajstić information content (AvgIpc) is 3.52. The van der Waals surface area contributed by atoms with Crippen molar-refractivity contribution in [1.82, 2.24) is 15.1 Å². The predicted molar refractivity (Wildman–Crippen MR) is 216 cm³/mol. The van der Waals surface area contributed by atoms with Crippen LogP contribution in [0.5, 0.6) is 0 Å². The molecule has 9 heteroatoms. The molecule has 2 heterocycles. The Kier molecular flexibility index (Phi) is 10.1. The summed E-state index contributed by atoms with van der Waals surface area (Å²) in [4.78, 5) is 16.7. The molecule has 4 saturated carbocycles. The highest BCUT2D eigenvalue weighted by molar-refractivity contribution is 7.91. The lowest BCUT2D eigenvalue weighted by atomic mass is 9.33. The molecule has 0 amide bonds. The van der Waals surface area contributed by atoms with Crippen molar-refractivity contribution in [3.8, 4) is 0 Å².